The Balaban J connectivity index is 1.92. The van der Waals surface area contributed by atoms with Gasteiger partial charge in [-0.25, -0.2) is 5.01 Å². The second kappa shape index (κ2) is 5.69. The first kappa shape index (κ1) is 13.8. The van der Waals surface area contributed by atoms with Gasteiger partial charge in [-0.1, -0.05) is 30.3 Å². The van der Waals surface area contributed by atoms with Crippen molar-refractivity contribution >= 4 is 46.2 Å². The van der Waals surface area contributed by atoms with Crippen molar-refractivity contribution in [2.45, 2.75) is 0 Å². The zero-order valence-electron chi connectivity index (χ0n) is 10.9. The van der Waals surface area contributed by atoms with E-state index in [1.54, 1.807) is 18.2 Å². The molecule has 1 heterocycles. The van der Waals surface area contributed by atoms with Gasteiger partial charge in [-0.3, -0.25) is 15.0 Å². The zero-order chi connectivity index (χ0) is 14.8. The number of nitrogens with zero attached hydrogens (tertiary/aromatic N) is 1. The Kier molecular flexibility index (Phi) is 3.74. The number of hydrogen-bond acceptors (Lipinski definition) is 2. The van der Waals surface area contributed by atoms with Gasteiger partial charge >= 0.3 is 0 Å². The van der Waals surface area contributed by atoms with Crippen LogP contribution in [0.5, 0.6) is 0 Å². The minimum Gasteiger partial charge on any atom is -0.267 e. The predicted octanol–water partition coefficient (Wildman–Crippen LogP) is 2.75. The lowest BCUT2D eigenvalue weighted by Crippen LogP contribution is -2.35. The molecule has 3 rings (SSSR count). The van der Waals surface area contributed by atoms with E-state index < -0.39 is 0 Å². The summed E-state index contributed by atoms with van der Waals surface area (Å²) in [5.41, 5.74) is 4.19. The standard InChI is InChI=1S/C16H11IN2O2/c17-12-6-8-13(9-7-12)19-16(21)14(15(20)18-19)10-11-4-2-1-3-5-11/h1-10H,(H,18,20)/b14-10-. The number of rotatable bonds is 2. The molecule has 2 aromatic carbocycles. The highest BCUT2D eigenvalue weighted by Gasteiger charge is 2.34. The van der Waals surface area contributed by atoms with Crippen LogP contribution >= 0.6 is 22.6 Å². The van der Waals surface area contributed by atoms with Crippen LogP contribution in [0.3, 0.4) is 0 Å². The van der Waals surface area contributed by atoms with E-state index in [-0.39, 0.29) is 17.4 Å². The molecule has 4 nitrogen and oxygen atoms in total. The topological polar surface area (TPSA) is 49.4 Å². The van der Waals surface area contributed by atoms with Crippen LogP contribution in [0.1, 0.15) is 5.56 Å². The molecule has 0 atom stereocenters. The fourth-order valence-corrected chi connectivity index (χ4v) is 2.40. The minimum absolute atomic E-state index is 0.139. The van der Waals surface area contributed by atoms with Crippen molar-refractivity contribution in [1.29, 1.82) is 0 Å². The first-order valence-electron chi connectivity index (χ1n) is 6.33. The van der Waals surface area contributed by atoms with Crippen molar-refractivity contribution < 1.29 is 9.59 Å². The Morgan fingerprint density at radius 3 is 2.29 bits per heavy atom. The summed E-state index contributed by atoms with van der Waals surface area (Å²) in [5.74, 6) is -0.729. The minimum atomic E-state index is -0.387. The van der Waals surface area contributed by atoms with E-state index >= 15 is 0 Å². The van der Waals surface area contributed by atoms with Gasteiger partial charge in [-0.05, 0) is 58.5 Å². The van der Waals surface area contributed by atoms with E-state index in [0.29, 0.717) is 5.69 Å². The molecular formula is C16H11IN2O2. The smallest absolute Gasteiger partial charge is 0.267 e. The molecule has 0 spiro atoms. The number of carbonyl (C=O) groups excluding carboxylic acids is 2. The molecule has 1 fully saturated rings. The largest absolute Gasteiger partial charge is 0.282 e. The van der Waals surface area contributed by atoms with E-state index in [4.69, 9.17) is 0 Å². The fourth-order valence-electron chi connectivity index (χ4n) is 2.05. The molecule has 2 amide bonds. The molecule has 1 N–H and O–H groups in total. The van der Waals surface area contributed by atoms with Gasteiger partial charge in [-0.2, -0.15) is 0 Å². The molecule has 1 saturated heterocycles. The van der Waals surface area contributed by atoms with Gasteiger partial charge in [0.2, 0.25) is 0 Å². The summed E-state index contributed by atoms with van der Waals surface area (Å²) in [7, 11) is 0. The first-order chi connectivity index (χ1) is 10.1. The van der Waals surface area contributed by atoms with E-state index in [2.05, 4.69) is 28.0 Å². The van der Waals surface area contributed by atoms with E-state index in [9.17, 15) is 9.59 Å². The van der Waals surface area contributed by atoms with E-state index in [0.717, 1.165) is 9.13 Å². The number of nitrogens with one attached hydrogen (secondary N) is 1. The maximum atomic E-state index is 12.4. The van der Waals surface area contributed by atoms with Gasteiger partial charge in [-0.15, -0.1) is 0 Å². The monoisotopic (exact) mass is 390 g/mol. The summed E-state index contributed by atoms with van der Waals surface area (Å²) in [6.45, 7) is 0. The van der Waals surface area contributed by atoms with Gasteiger partial charge in [0, 0.05) is 3.57 Å². The van der Waals surface area contributed by atoms with Gasteiger partial charge in [0.05, 0.1) is 5.69 Å². The molecule has 2 aromatic rings. The van der Waals surface area contributed by atoms with Gasteiger partial charge in [0.15, 0.2) is 0 Å². The molecule has 0 radical (unpaired) electrons. The lowest BCUT2D eigenvalue weighted by atomic mass is 10.1. The molecule has 1 aliphatic rings. The summed E-state index contributed by atoms with van der Waals surface area (Å²) in [5, 5.41) is 1.27. The van der Waals surface area contributed by atoms with E-state index in [1.807, 2.05) is 42.5 Å². The second-order valence-corrected chi connectivity index (χ2v) is 5.77. The summed E-state index contributed by atoms with van der Waals surface area (Å²) in [6.07, 6.45) is 1.60. The predicted molar refractivity (Wildman–Crippen MR) is 89.2 cm³/mol. The number of anilines is 1. The molecule has 21 heavy (non-hydrogen) atoms. The van der Waals surface area contributed by atoms with Crippen molar-refractivity contribution in [1.82, 2.24) is 5.43 Å². The average Bonchev–Trinajstić information content (AvgIpc) is 2.77. The number of hydrazine groups is 1. The third kappa shape index (κ3) is 2.82. The Bertz CT molecular complexity index is 724. The number of benzene rings is 2. The number of carbonyl (C=O) groups is 2. The molecule has 0 bridgehead atoms. The quantitative estimate of drug-likeness (QED) is 0.487. The molecule has 0 unspecified atom stereocenters. The second-order valence-electron chi connectivity index (χ2n) is 4.53. The number of halogens is 1. The van der Waals surface area contributed by atoms with Crippen LogP contribution < -0.4 is 10.4 Å². The van der Waals surface area contributed by atoms with Crippen LogP contribution in [0.25, 0.3) is 6.08 Å². The summed E-state index contributed by atoms with van der Waals surface area (Å²) >= 11 is 2.19. The fraction of sp³-hybridized carbons (Fsp3) is 0. The Hall–Kier alpha value is -2.15. The highest BCUT2D eigenvalue weighted by molar-refractivity contribution is 14.1. The van der Waals surface area contributed by atoms with Crippen molar-refractivity contribution in [3.63, 3.8) is 0 Å². The van der Waals surface area contributed by atoms with Crippen LogP contribution in [0.2, 0.25) is 0 Å². The first-order valence-corrected chi connectivity index (χ1v) is 7.41. The van der Waals surface area contributed by atoms with Crippen LogP contribution in [0.4, 0.5) is 5.69 Å². The normalized spacial score (nSPS) is 16.4. The average molecular weight is 390 g/mol. The summed E-state index contributed by atoms with van der Waals surface area (Å²) in [6, 6.07) is 16.7. The van der Waals surface area contributed by atoms with Gasteiger partial charge in [0.25, 0.3) is 11.8 Å². The highest BCUT2D eigenvalue weighted by atomic mass is 127. The SMILES string of the molecule is O=C1NN(c2ccc(I)cc2)C(=O)/C1=C\c1ccccc1. The van der Waals surface area contributed by atoms with Crippen molar-refractivity contribution in [3.8, 4) is 0 Å². The maximum Gasteiger partial charge on any atom is 0.282 e. The molecule has 0 aromatic heterocycles. The molecule has 1 aliphatic heterocycles. The van der Waals surface area contributed by atoms with E-state index in [1.165, 1.54) is 5.01 Å². The summed E-state index contributed by atoms with van der Waals surface area (Å²) < 4.78 is 1.06. The Morgan fingerprint density at radius 2 is 1.62 bits per heavy atom. The van der Waals surface area contributed by atoms with Crippen LogP contribution in [-0.2, 0) is 9.59 Å². The lowest BCUT2D eigenvalue weighted by Gasteiger charge is -2.14. The van der Waals surface area contributed by atoms with Crippen molar-refractivity contribution in [3.05, 3.63) is 69.3 Å². The molecule has 0 aliphatic carbocycles. The molecular weight excluding hydrogens is 379 g/mol. The Morgan fingerprint density at radius 1 is 0.952 bits per heavy atom. The van der Waals surface area contributed by atoms with Crippen LogP contribution in [-0.4, -0.2) is 11.8 Å². The van der Waals surface area contributed by atoms with Crippen molar-refractivity contribution in [2.75, 3.05) is 5.01 Å². The summed E-state index contributed by atoms with van der Waals surface area (Å²) in [4.78, 5) is 24.4. The Labute approximate surface area is 135 Å². The van der Waals surface area contributed by atoms with Gasteiger partial charge in [0.1, 0.15) is 5.57 Å². The molecule has 5 heteroatoms. The molecule has 104 valence electrons. The van der Waals surface area contributed by atoms with Crippen LogP contribution in [0, 0.1) is 3.57 Å². The third-order valence-electron chi connectivity index (χ3n) is 3.09. The maximum absolute atomic E-state index is 12.4. The zero-order valence-corrected chi connectivity index (χ0v) is 13.1. The highest BCUT2D eigenvalue weighted by Crippen LogP contribution is 2.22. The third-order valence-corrected chi connectivity index (χ3v) is 3.81. The number of hydrogen-bond donors (Lipinski definition) is 1. The lowest BCUT2D eigenvalue weighted by molar-refractivity contribution is -0.117. The molecule has 0 saturated carbocycles. The van der Waals surface area contributed by atoms with Crippen LogP contribution in [0.15, 0.2) is 60.2 Å². The van der Waals surface area contributed by atoms with Crippen molar-refractivity contribution in [2.24, 2.45) is 0 Å². The number of amides is 2. The van der Waals surface area contributed by atoms with Gasteiger partial charge < -0.3 is 0 Å².